The summed E-state index contributed by atoms with van der Waals surface area (Å²) >= 11 is 0. The summed E-state index contributed by atoms with van der Waals surface area (Å²) in [7, 11) is 0. The first-order chi connectivity index (χ1) is 12.2. The SMILES string of the molecule is NC(Cc1cccc(F)n1)c1ncccc1-n1ncc2ccccc21. The van der Waals surface area contributed by atoms with Gasteiger partial charge in [0.05, 0.1) is 29.1 Å². The molecule has 5 nitrogen and oxygen atoms in total. The van der Waals surface area contributed by atoms with Crippen LogP contribution in [0, 0.1) is 5.95 Å². The monoisotopic (exact) mass is 333 g/mol. The van der Waals surface area contributed by atoms with Crippen molar-refractivity contribution in [3.8, 4) is 5.69 Å². The standard InChI is InChI=1S/C19H16FN5/c20-18-9-3-6-14(24-18)11-15(21)19-17(8-4-10-22-19)25-16-7-2-1-5-13(16)12-23-25/h1-10,12,15H,11,21H2. The number of hydrogen-bond acceptors (Lipinski definition) is 4. The van der Waals surface area contributed by atoms with Crippen molar-refractivity contribution in [1.82, 2.24) is 19.7 Å². The number of aromatic nitrogens is 4. The van der Waals surface area contributed by atoms with Gasteiger partial charge in [-0.2, -0.15) is 9.49 Å². The number of halogens is 1. The number of rotatable bonds is 4. The van der Waals surface area contributed by atoms with Crippen LogP contribution in [0.1, 0.15) is 17.4 Å². The quantitative estimate of drug-likeness (QED) is 0.582. The van der Waals surface area contributed by atoms with Crippen LogP contribution >= 0.6 is 0 Å². The Morgan fingerprint density at radius 3 is 2.80 bits per heavy atom. The number of fused-ring (bicyclic) bond motifs is 1. The summed E-state index contributed by atoms with van der Waals surface area (Å²) in [5.74, 6) is -0.510. The molecule has 25 heavy (non-hydrogen) atoms. The summed E-state index contributed by atoms with van der Waals surface area (Å²) in [5, 5.41) is 5.51. The van der Waals surface area contributed by atoms with Crippen molar-refractivity contribution < 1.29 is 4.39 Å². The third-order valence-corrected chi connectivity index (χ3v) is 4.07. The van der Waals surface area contributed by atoms with E-state index in [1.54, 1.807) is 18.3 Å². The van der Waals surface area contributed by atoms with Gasteiger partial charge < -0.3 is 5.73 Å². The lowest BCUT2D eigenvalue weighted by molar-refractivity contribution is 0.568. The Kier molecular flexibility index (Phi) is 3.95. The molecule has 6 heteroatoms. The summed E-state index contributed by atoms with van der Waals surface area (Å²) in [6.07, 6.45) is 3.90. The molecule has 0 fully saturated rings. The zero-order chi connectivity index (χ0) is 17.2. The van der Waals surface area contributed by atoms with Gasteiger partial charge >= 0.3 is 0 Å². The van der Waals surface area contributed by atoms with Crippen molar-refractivity contribution in [2.45, 2.75) is 12.5 Å². The Bertz CT molecular complexity index is 1030. The lowest BCUT2D eigenvalue weighted by atomic mass is 10.1. The first-order valence-electron chi connectivity index (χ1n) is 7.97. The zero-order valence-corrected chi connectivity index (χ0v) is 13.4. The van der Waals surface area contributed by atoms with E-state index in [2.05, 4.69) is 15.1 Å². The van der Waals surface area contributed by atoms with E-state index in [0.29, 0.717) is 17.8 Å². The molecule has 0 saturated heterocycles. The molecular formula is C19H16FN5. The summed E-state index contributed by atoms with van der Waals surface area (Å²) < 4.78 is 15.1. The van der Waals surface area contributed by atoms with Crippen molar-refractivity contribution in [2.75, 3.05) is 0 Å². The number of nitrogens with zero attached hydrogens (tertiary/aromatic N) is 4. The third kappa shape index (κ3) is 2.99. The molecule has 4 aromatic rings. The Morgan fingerprint density at radius 2 is 1.92 bits per heavy atom. The van der Waals surface area contributed by atoms with E-state index < -0.39 is 12.0 Å². The highest BCUT2D eigenvalue weighted by molar-refractivity contribution is 5.80. The van der Waals surface area contributed by atoms with E-state index in [4.69, 9.17) is 5.73 Å². The lowest BCUT2D eigenvalue weighted by Gasteiger charge is -2.15. The maximum absolute atomic E-state index is 13.3. The molecule has 124 valence electrons. The summed E-state index contributed by atoms with van der Waals surface area (Å²) in [4.78, 5) is 8.34. The van der Waals surface area contributed by atoms with Gasteiger partial charge in [-0.15, -0.1) is 0 Å². The second kappa shape index (κ2) is 6.41. The number of benzene rings is 1. The average Bonchev–Trinajstić information content (AvgIpc) is 3.06. The molecule has 3 heterocycles. The third-order valence-electron chi connectivity index (χ3n) is 4.07. The van der Waals surface area contributed by atoms with Crippen LogP contribution in [0.15, 0.2) is 67.0 Å². The van der Waals surface area contributed by atoms with Gasteiger partial charge in [-0.1, -0.05) is 24.3 Å². The Balaban J connectivity index is 1.74. The molecule has 0 bridgehead atoms. The molecule has 4 rings (SSSR count). The van der Waals surface area contributed by atoms with Gasteiger partial charge in [-0.05, 0) is 30.3 Å². The second-order valence-corrected chi connectivity index (χ2v) is 5.79. The largest absolute Gasteiger partial charge is 0.322 e. The van der Waals surface area contributed by atoms with Crippen molar-refractivity contribution in [3.63, 3.8) is 0 Å². The normalized spacial score (nSPS) is 12.4. The molecule has 2 N–H and O–H groups in total. The van der Waals surface area contributed by atoms with E-state index in [0.717, 1.165) is 16.6 Å². The molecule has 1 aromatic carbocycles. The van der Waals surface area contributed by atoms with E-state index >= 15 is 0 Å². The second-order valence-electron chi connectivity index (χ2n) is 5.79. The summed E-state index contributed by atoms with van der Waals surface area (Å²) in [6, 6.07) is 16.0. The molecule has 0 aliphatic rings. The van der Waals surface area contributed by atoms with Crippen molar-refractivity contribution in [3.05, 3.63) is 84.3 Å². The number of pyridine rings is 2. The van der Waals surface area contributed by atoms with Crippen LogP contribution in [0.2, 0.25) is 0 Å². The molecule has 1 atom stereocenters. The van der Waals surface area contributed by atoms with Crippen LogP contribution in [0.5, 0.6) is 0 Å². The van der Waals surface area contributed by atoms with Crippen LogP contribution in [-0.4, -0.2) is 19.7 Å². The van der Waals surface area contributed by atoms with Crippen LogP contribution in [-0.2, 0) is 6.42 Å². The van der Waals surface area contributed by atoms with Crippen molar-refractivity contribution in [1.29, 1.82) is 0 Å². The predicted octanol–water partition coefficient (Wildman–Crippen LogP) is 3.20. The molecule has 3 aromatic heterocycles. The number of hydrogen-bond donors (Lipinski definition) is 1. The topological polar surface area (TPSA) is 69.6 Å². The zero-order valence-electron chi connectivity index (χ0n) is 13.4. The fraction of sp³-hybridized carbons (Fsp3) is 0.105. The summed E-state index contributed by atoms with van der Waals surface area (Å²) in [5.41, 5.74) is 9.44. The average molecular weight is 333 g/mol. The van der Waals surface area contributed by atoms with Crippen LogP contribution in [0.25, 0.3) is 16.6 Å². The molecule has 0 amide bonds. The van der Waals surface area contributed by atoms with Crippen LogP contribution in [0.4, 0.5) is 4.39 Å². The Hall–Kier alpha value is -3.12. The van der Waals surface area contributed by atoms with E-state index in [-0.39, 0.29) is 0 Å². The highest BCUT2D eigenvalue weighted by atomic mass is 19.1. The van der Waals surface area contributed by atoms with Crippen LogP contribution in [0.3, 0.4) is 0 Å². The van der Waals surface area contributed by atoms with Gasteiger partial charge in [0.25, 0.3) is 0 Å². The first-order valence-corrected chi connectivity index (χ1v) is 7.97. The minimum absolute atomic E-state index is 0.390. The van der Waals surface area contributed by atoms with E-state index in [1.165, 1.54) is 6.07 Å². The number of nitrogens with two attached hydrogens (primary N) is 1. The van der Waals surface area contributed by atoms with E-state index in [1.807, 2.05) is 47.3 Å². The van der Waals surface area contributed by atoms with Gasteiger partial charge in [-0.25, -0.2) is 9.67 Å². The maximum Gasteiger partial charge on any atom is 0.213 e. The summed E-state index contributed by atoms with van der Waals surface area (Å²) in [6.45, 7) is 0. The molecule has 1 unspecified atom stereocenters. The Labute approximate surface area is 144 Å². The Morgan fingerprint density at radius 1 is 1.04 bits per heavy atom. The highest BCUT2D eigenvalue weighted by Crippen LogP contribution is 2.24. The fourth-order valence-corrected chi connectivity index (χ4v) is 2.92. The van der Waals surface area contributed by atoms with Gasteiger partial charge in [0, 0.05) is 23.7 Å². The molecule has 0 radical (unpaired) electrons. The molecule has 0 saturated carbocycles. The molecule has 0 aliphatic heterocycles. The van der Waals surface area contributed by atoms with Crippen LogP contribution < -0.4 is 5.73 Å². The smallest absolute Gasteiger partial charge is 0.213 e. The first kappa shape index (κ1) is 15.4. The maximum atomic E-state index is 13.3. The lowest BCUT2D eigenvalue weighted by Crippen LogP contribution is -2.18. The number of para-hydroxylation sites is 1. The van der Waals surface area contributed by atoms with Crippen molar-refractivity contribution >= 4 is 10.9 Å². The van der Waals surface area contributed by atoms with Gasteiger partial charge in [0.2, 0.25) is 5.95 Å². The highest BCUT2D eigenvalue weighted by Gasteiger charge is 2.17. The van der Waals surface area contributed by atoms with E-state index in [9.17, 15) is 4.39 Å². The van der Waals surface area contributed by atoms with Crippen molar-refractivity contribution in [2.24, 2.45) is 5.73 Å². The van der Waals surface area contributed by atoms with Gasteiger partial charge in [-0.3, -0.25) is 4.98 Å². The van der Waals surface area contributed by atoms with Gasteiger partial charge in [0.15, 0.2) is 0 Å². The molecule has 0 spiro atoms. The minimum Gasteiger partial charge on any atom is -0.322 e. The predicted molar refractivity (Wildman–Crippen MR) is 93.7 cm³/mol. The molecular weight excluding hydrogens is 317 g/mol. The minimum atomic E-state index is -0.510. The fourth-order valence-electron chi connectivity index (χ4n) is 2.92. The molecule has 0 aliphatic carbocycles. The van der Waals surface area contributed by atoms with Gasteiger partial charge in [0.1, 0.15) is 0 Å².